The van der Waals surface area contributed by atoms with Crippen molar-refractivity contribution in [3.8, 4) is 0 Å². The first-order chi connectivity index (χ1) is 6.94. The Hall–Kier alpha value is 1.49. The summed E-state index contributed by atoms with van der Waals surface area (Å²) < 4.78 is 37.9. The molecule has 5 heteroatoms. The van der Waals surface area contributed by atoms with Gasteiger partial charge in [-0.15, -0.1) is 0 Å². The van der Waals surface area contributed by atoms with Crippen molar-refractivity contribution < 1.29 is 64.3 Å². The molecule has 0 atom stereocenters. The van der Waals surface area contributed by atoms with Crippen LogP contribution in [0, 0.1) is 23.2 Å². The van der Waals surface area contributed by atoms with Gasteiger partial charge < -0.3 is 12.9 Å². The molecule has 0 unspecified atom stereocenters. The monoisotopic (exact) mass is 256 g/mol. The molecule has 0 aliphatic heterocycles. The average Bonchev–Trinajstić information content (AvgIpc) is 1.94. The first-order valence-electron chi connectivity index (χ1n) is 6.15. The third-order valence-electron chi connectivity index (χ3n) is 4.83. The molecule has 0 nitrogen and oxygen atoms in total. The molecule has 0 aromatic heterocycles. The number of rotatable bonds is 2. The van der Waals surface area contributed by atoms with Crippen molar-refractivity contribution >= 4 is 6.98 Å². The fourth-order valence-corrected chi connectivity index (χ4v) is 5.03. The van der Waals surface area contributed by atoms with E-state index in [0.29, 0.717) is 17.8 Å². The average molecular weight is 256 g/mol. The molecule has 0 amide bonds. The Balaban J connectivity index is 0.000000963. The summed E-state index contributed by atoms with van der Waals surface area (Å²) >= 11 is 0. The Labute approximate surface area is 138 Å². The minimum Gasteiger partial charge on any atom is -0.449 e. The summed E-state index contributed by atoms with van der Waals surface area (Å²) in [4.78, 5) is 0. The van der Waals surface area contributed by atoms with E-state index in [1.54, 1.807) is 0 Å². The van der Waals surface area contributed by atoms with Gasteiger partial charge in [-0.05, 0) is 56.3 Å². The maximum Gasteiger partial charge on any atom is 1.00 e. The van der Waals surface area contributed by atoms with Gasteiger partial charge in [-0.1, -0.05) is 11.7 Å². The van der Waals surface area contributed by atoms with E-state index in [0.717, 1.165) is 19.3 Å². The van der Waals surface area contributed by atoms with Crippen molar-refractivity contribution in [2.24, 2.45) is 23.2 Å². The quantitative estimate of drug-likeness (QED) is 0.648. The van der Waals surface area contributed by atoms with Crippen LogP contribution in [0.15, 0.2) is 0 Å². The first-order valence-corrected chi connectivity index (χ1v) is 6.15. The van der Waals surface area contributed by atoms with Gasteiger partial charge in [0.15, 0.2) is 0 Å². The third-order valence-corrected chi connectivity index (χ3v) is 4.83. The Morgan fingerprint density at radius 2 is 1.25 bits per heavy atom. The Morgan fingerprint density at radius 3 is 1.56 bits per heavy atom. The molecular weight excluding hydrogens is 239 g/mol. The van der Waals surface area contributed by atoms with E-state index < -0.39 is 13.3 Å². The van der Waals surface area contributed by atoms with Crippen LogP contribution in [0.2, 0.25) is 6.32 Å². The molecule has 4 bridgehead atoms. The van der Waals surface area contributed by atoms with Gasteiger partial charge in [0, 0.05) is 0 Å². The maximum atomic E-state index is 12.6. The summed E-state index contributed by atoms with van der Waals surface area (Å²) in [6.07, 6.45) is 5.86. The van der Waals surface area contributed by atoms with Crippen LogP contribution in [0.4, 0.5) is 12.9 Å². The summed E-state index contributed by atoms with van der Waals surface area (Å²) in [6.45, 7) is -4.58. The molecule has 4 fully saturated rings. The predicted molar refractivity (Wildman–Crippen MR) is 54.5 cm³/mol. The molecule has 0 N–H and O–H groups in total. The second-order valence-electron chi connectivity index (χ2n) is 6.33. The van der Waals surface area contributed by atoms with Crippen LogP contribution < -0.4 is 51.4 Å². The minimum atomic E-state index is -4.58. The number of halogens is 3. The SMILES string of the molecule is F[B-](F)(F)CC12CC3CC(CC(C3)C1)C2.[K+]. The summed E-state index contributed by atoms with van der Waals surface area (Å²) in [5.41, 5.74) is -0.313. The van der Waals surface area contributed by atoms with Gasteiger partial charge in [-0.2, -0.15) is 0 Å². The van der Waals surface area contributed by atoms with Crippen LogP contribution in [-0.4, -0.2) is 6.98 Å². The second kappa shape index (κ2) is 4.55. The fourth-order valence-electron chi connectivity index (χ4n) is 5.03. The van der Waals surface area contributed by atoms with E-state index in [1.807, 2.05) is 0 Å². The summed E-state index contributed by atoms with van der Waals surface area (Å²) in [6, 6.07) is 0. The Morgan fingerprint density at radius 1 is 0.875 bits per heavy atom. The number of hydrogen-bond acceptors (Lipinski definition) is 0. The van der Waals surface area contributed by atoms with Crippen molar-refractivity contribution in [2.45, 2.75) is 44.8 Å². The molecule has 4 rings (SSSR count). The minimum absolute atomic E-state index is 0. The molecule has 4 aliphatic carbocycles. The van der Waals surface area contributed by atoms with Crippen LogP contribution in [0.1, 0.15) is 38.5 Å². The van der Waals surface area contributed by atoms with Crippen LogP contribution in [0.5, 0.6) is 0 Å². The number of hydrogen-bond donors (Lipinski definition) is 0. The molecule has 16 heavy (non-hydrogen) atoms. The molecule has 86 valence electrons. The summed E-state index contributed by atoms with van der Waals surface area (Å²) in [7, 11) is 0. The van der Waals surface area contributed by atoms with Crippen molar-refractivity contribution in [3.05, 3.63) is 0 Å². The van der Waals surface area contributed by atoms with Gasteiger partial charge in [0.05, 0.1) is 0 Å². The largest absolute Gasteiger partial charge is 1.00 e. The van der Waals surface area contributed by atoms with E-state index in [-0.39, 0.29) is 56.8 Å². The Bertz CT molecular complexity index is 242. The van der Waals surface area contributed by atoms with Gasteiger partial charge in [-0.3, -0.25) is 0 Å². The maximum absolute atomic E-state index is 12.6. The fraction of sp³-hybridized carbons (Fsp3) is 1.00. The molecule has 4 saturated carbocycles. The van der Waals surface area contributed by atoms with Gasteiger partial charge in [0.25, 0.3) is 0 Å². The van der Waals surface area contributed by atoms with Gasteiger partial charge >= 0.3 is 58.4 Å². The molecule has 0 radical (unpaired) electrons. The van der Waals surface area contributed by atoms with E-state index in [1.165, 1.54) is 19.3 Å². The molecule has 0 heterocycles. The van der Waals surface area contributed by atoms with E-state index in [2.05, 4.69) is 0 Å². The summed E-state index contributed by atoms with van der Waals surface area (Å²) in [5.74, 6) is 1.90. The molecule has 4 aliphatic rings. The van der Waals surface area contributed by atoms with Crippen molar-refractivity contribution in [1.29, 1.82) is 0 Å². The van der Waals surface area contributed by atoms with E-state index >= 15 is 0 Å². The van der Waals surface area contributed by atoms with Gasteiger partial charge in [0.2, 0.25) is 0 Å². The van der Waals surface area contributed by atoms with Crippen LogP contribution in [0.25, 0.3) is 0 Å². The molecular formula is C11H17BF3K. The second-order valence-corrected chi connectivity index (χ2v) is 6.33. The smallest absolute Gasteiger partial charge is 0.449 e. The van der Waals surface area contributed by atoms with Crippen LogP contribution in [0.3, 0.4) is 0 Å². The molecule has 0 saturated heterocycles. The van der Waals surface area contributed by atoms with Crippen molar-refractivity contribution in [1.82, 2.24) is 0 Å². The van der Waals surface area contributed by atoms with Gasteiger partial charge in [0.1, 0.15) is 0 Å². The standard InChI is InChI=1S/C11H17BF3.K/c13-12(14,15)7-11-4-8-1-9(5-11)3-10(2-8)6-11;/h8-10H,1-7H2;/q-1;+1. The first kappa shape index (κ1) is 13.9. The van der Waals surface area contributed by atoms with E-state index in [9.17, 15) is 12.9 Å². The van der Waals surface area contributed by atoms with Gasteiger partial charge in [-0.25, -0.2) is 0 Å². The van der Waals surface area contributed by atoms with E-state index in [4.69, 9.17) is 0 Å². The predicted octanol–water partition coefficient (Wildman–Crippen LogP) is 1.05. The Kier molecular flexibility index (Phi) is 3.96. The normalized spacial score (nSPS) is 45.6. The zero-order valence-corrected chi connectivity index (χ0v) is 13.0. The third kappa shape index (κ3) is 2.73. The summed E-state index contributed by atoms with van der Waals surface area (Å²) in [5, 5.41) is 0. The molecule has 0 spiro atoms. The topological polar surface area (TPSA) is 0 Å². The molecule has 0 aromatic carbocycles. The van der Waals surface area contributed by atoms with Crippen LogP contribution in [-0.2, 0) is 0 Å². The van der Waals surface area contributed by atoms with Crippen LogP contribution >= 0.6 is 0 Å². The zero-order valence-electron chi connectivity index (χ0n) is 9.89. The molecule has 0 aromatic rings. The zero-order chi connectivity index (χ0) is 10.7. The van der Waals surface area contributed by atoms with Crippen molar-refractivity contribution in [3.63, 3.8) is 0 Å². The van der Waals surface area contributed by atoms with Crippen molar-refractivity contribution in [2.75, 3.05) is 0 Å².